The van der Waals surface area contributed by atoms with Crippen molar-refractivity contribution in [3.05, 3.63) is 156 Å². The zero-order chi connectivity index (χ0) is 113. The van der Waals surface area contributed by atoms with E-state index in [1.54, 1.807) is 120 Å². The number of fused-ring (bicyclic) bond motifs is 15. The van der Waals surface area contributed by atoms with Crippen molar-refractivity contribution in [3.8, 4) is 0 Å². The van der Waals surface area contributed by atoms with E-state index >= 15 is 0 Å². The number of carbonyl (C=O) groups excluding carboxylic acids is 11. The highest BCUT2D eigenvalue weighted by atomic mass is 35.5. The van der Waals surface area contributed by atoms with Crippen molar-refractivity contribution >= 4 is 179 Å². The number of epoxide rings is 3. The van der Waals surface area contributed by atoms with Crippen LogP contribution in [-0.4, -0.2) is 293 Å². The second-order valence-corrected chi connectivity index (χ2v) is 47.9. The molecule has 24 atom stereocenters. The number of aryl methyl sites for hydroxylation is 3. The van der Waals surface area contributed by atoms with Gasteiger partial charge in [-0.2, -0.15) is 11.8 Å². The molecule has 10 aliphatic rings. The Morgan fingerprint density at radius 1 is 0.533 bits per heavy atom. The maximum atomic E-state index is 14.0. The van der Waals surface area contributed by atoms with Gasteiger partial charge in [-0.15, -0.1) is 0 Å². The third-order valence-corrected chi connectivity index (χ3v) is 34.4. The zero-order valence-corrected chi connectivity index (χ0v) is 97.0. The molecule has 10 aliphatic heterocycles. The fraction of sp³-hybridized carbons (Fsp3) is 0.607. The molecule has 43 heteroatoms. The number of carbonyl (C=O) groups is 12. The van der Waals surface area contributed by atoms with E-state index in [2.05, 4.69) is 26.0 Å². The Morgan fingerprint density at radius 2 is 0.860 bits per heavy atom. The Labute approximate surface area is 918 Å². The van der Waals surface area contributed by atoms with Gasteiger partial charge in [0.15, 0.2) is 0 Å². The zero-order valence-electron chi connectivity index (χ0n) is 91.7. The number of amides is 8. The van der Waals surface area contributed by atoms with Crippen LogP contribution in [-0.2, 0) is 100 Å². The molecule has 7 saturated heterocycles. The number of benzene rings is 3. The molecule has 3 aromatic rings. The van der Waals surface area contributed by atoms with Crippen LogP contribution in [0.5, 0.6) is 0 Å². The summed E-state index contributed by atoms with van der Waals surface area (Å²) in [6, 6.07) is 9.69. The molecule has 150 heavy (non-hydrogen) atoms. The van der Waals surface area contributed by atoms with Crippen LogP contribution in [0.25, 0.3) is 0 Å². The van der Waals surface area contributed by atoms with E-state index in [0.29, 0.717) is 69.1 Å². The highest BCUT2D eigenvalue weighted by Crippen LogP contribution is 2.53. The van der Waals surface area contributed by atoms with Gasteiger partial charge >= 0.3 is 48.3 Å². The number of rotatable bonds is 14. The maximum Gasteiger partial charge on any atom is 0.418 e. The van der Waals surface area contributed by atoms with Crippen molar-refractivity contribution in [3.63, 3.8) is 0 Å². The standard InChI is InChI=1S/C36H50ClN3O8S2.C32H44ClN3O7.C28H37ClN2O6.C5H7NO3.C4H8O2S2.C2H6S/c1-20-11-10-12-22(3)36(45)19-27(46-34(44)38-36)23(4)32-35(6,48-32)28(47-33(43)24(5)39(7)29(41)13-14-50-49-9)18-30(42)40(8)26-17-25(15-20)16-21(2)31(26)37;1-17-10-9-11-19(3)32(40)16-24(41-30(39)35-32)20(4)28-31(6,43-28)25(42-29(38)21(5)34-7)15-26(37)36(8)23-14-22(12-17)13-18(2)27(23)33;1-15-8-7-9-17(3)28(35)14-21(36-26(34)30-28)18(4)25-27(5,37-25)22(32)13-23(33)31(6)20-12-19(10-15)11-16(2)24(20)29;1-3-4(7)9-5(8)6(3)2;1-7-8-3-2-4(5)6;1-3-2/h10-12,16-17,22-24,27-28,32,45H,13-15,18-19H2,1-9H3,(H,38,44);9-11,13-14,19-21,24-25,28,34,40H,12,15-16H2,1-8H3,(H,35,39);7-9,11-12,17-18,21-22,25,32,35H,10,13-14H2,1-6H3,(H,30,34);3H,1-2H3;2-3H2,1H3,(H,5,6);1-2H3/b12-10+,20-11+;11-9+,17-10+;9-7+,15-8+;;;/t22?,23?,24-,27?,28?,32?,35?,36?;19?,20?,21-,24?,25?,28?,31?,32?;;3-;;/m00.0../s1/i;;;;;1D. The van der Waals surface area contributed by atoms with E-state index in [-0.39, 0.29) is 86.8 Å². The van der Waals surface area contributed by atoms with Crippen LogP contribution < -0.4 is 36.0 Å². The quantitative estimate of drug-likeness (QED) is 0.0181. The summed E-state index contributed by atoms with van der Waals surface area (Å²) < 4.78 is 57.8. The smallest absolute Gasteiger partial charge is 0.418 e. The van der Waals surface area contributed by atoms with E-state index < -0.39 is 179 Å². The summed E-state index contributed by atoms with van der Waals surface area (Å²) >= 11 is 21.6. The van der Waals surface area contributed by atoms with Gasteiger partial charge in [-0.1, -0.05) is 209 Å². The monoisotopic (exact) mass is 2240 g/mol. The number of allylic oxidation sites excluding steroid dienone is 9. The summed E-state index contributed by atoms with van der Waals surface area (Å²) in [5, 5.41) is 65.7. The molecule has 35 nitrogen and oxygen atoms in total. The van der Waals surface area contributed by atoms with E-state index in [1.807, 2.05) is 193 Å². The number of hydrogen-bond acceptors (Lipinski definition) is 31. The molecule has 832 valence electrons. The van der Waals surface area contributed by atoms with Crippen LogP contribution in [0.2, 0.25) is 15.1 Å². The normalized spacial score (nSPS) is 33.1. The molecule has 7 fully saturated rings. The summed E-state index contributed by atoms with van der Waals surface area (Å²) in [7, 11) is 16.0. The molecule has 0 spiro atoms. The lowest BCUT2D eigenvalue weighted by molar-refractivity contribution is -0.162. The SMILES string of the molecule is C/C1=C\C=C\C(C)C2(O)CC(OC(=O)N2)C(C)C2OC2(C)C(O)CC(=O)N(C)c2cc(cc(C)c2Cl)C1.CN[C@@H](C)C(=O)OC1CC(=O)N(C)c2cc(cc(C)c2Cl)C/C(C)=C/C=C/C(C)C2(O)CC(OC(=O)N2)C(C)C2OC12C.CSSCCC(=O)N(C)[C@@H](C)C(=O)OC1CC(=O)N(C)c2cc(cc(C)c2Cl)C/C(C)=C/C=C/C(C)C2(O)CC(OC(=O)N2)C(C)C2OC12C.CSSCCC(=O)O.C[C@H]1C(=O)OC(=O)N1C.[2H]CSC. The number of anilines is 3. The number of nitrogens with one attached hydrogen (secondary N) is 4. The molecule has 0 radical (unpaired) electrons. The Hall–Kier alpha value is -8.56. The van der Waals surface area contributed by atoms with Crippen molar-refractivity contribution in [1.29, 1.82) is 0 Å². The first-order chi connectivity index (χ1) is 70.6. The largest absolute Gasteiger partial charge is 0.481 e. The van der Waals surface area contributed by atoms with E-state index in [4.69, 9.17) is 79.2 Å². The molecule has 8 amide bonds. The van der Waals surface area contributed by atoms with Gasteiger partial charge in [-0.3, -0.25) is 49.6 Å². The first-order valence-electron chi connectivity index (χ1n) is 50.4. The molecule has 21 unspecified atom stereocenters. The van der Waals surface area contributed by atoms with Gasteiger partial charge in [-0.25, -0.2) is 28.8 Å². The molecule has 9 N–H and O–H groups in total. The van der Waals surface area contributed by atoms with Crippen LogP contribution in [0.15, 0.2) is 108 Å². The first kappa shape index (κ1) is 125. The molecular formula is C107H152Cl3N9O26S5. The number of cyclic esters (lactones) is 2. The Bertz CT molecular complexity index is 5590. The van der Waals surface area contributed by atoms with Gasteiger partial charge in [0.05, 0.1) is 82.2 Å². The number of carboxylic acid groups (broad SMARTS) is 1. The highest BCUT2D eigenvalue weighted by Gasteiger charge is 2.67. The van der Waals surface area contributed by atoms with Gasteiger partial charge in [-0.05, 0) is 186 Å². The van der Waals surface area contributed by atoms with Gasteiger partial charge in [0.2, 0.25) is 23.6 Å². The minimum atomic E-state index is -1.59. The van der Waals surface area contributed by atoms with Crippen molar-refractivity contribution in [2.45, 2.75) is 302 Å². The third kappa shape index (κ3) is 32.6. The molecule has 0 saturated carbocycles. The highest BCUT2D eigenvalue weighted by molar-refractivity contribution is 8.76. The summed E-state index contributed by atoms with van der Waals surface area (Å²) in [6.45, 7) is 32.9. The van der Waals surface area contributed by atoms with Crippen molar-refractivity contribution in [1.82, 2.24) is 31.1 Å². The number of hydrogen-bond donors (Lipinski definition) is 9. The fourth-order valence-corrected chi connectivity index (χ4v) is 21.7. The number of nitrogens with zero attached hydrogens (tertiary/aromatic N) is 5. The van der Waals surface area contributed by atoms with Crippen molar-refractivity contribution in [2.24, 2.45) is 35.5 Å². The predicted molar refractivity (Wildman–Crippen MR) is 590 cm³/mol. The average molecular weight is 2250 g/mol. The number of aliphatic carboxylic acids is 1. The number of thioether (sulfide) groups is 1. The Kier molecular flexibility index (Phi) is 45.5. The molecule has 12 bridgehead atoms. The van der Waals surface area contributed by atoms with E-state index in [9.17, 15) is 78.0 Å². The number of alkyl carbamates (subject to hydrolysis) is 3. The van der Waals surface area contributed by atoms with Crippen LogP contribution in [0, 0.1) is 56.3 Å². The summed E-state index contributed by atoms with van der Waals surface area (Å²) in [5.74, 6) is -4.68. The lowest BCUT2D eigenvalue weighted by Gasteiger charge is -2.41. The number of esters is 3. The molecule has 13 rings (SSSR count). The average Bonchev–Trinajstić information content (AvgIpc) is 1.57. The fourth-order valence-electron chi connectivity index (χ4n) is 18.6. The van der Waals surface area contributed by atoms with Crippen LogP contribution >= 0.6 is 89.7 Å². The van der Waals surface area contributed by atoms with Crippen LogP contribution in [0.4, 0.5) is 36.2 Å². The van der Waals surface area contributed by atoms with Gasteiger partial charge in [0.25, 0.3) is 0 Å². The van der Waals surface area contributed by atoms with Crippen LogP contribution in [0.3, 0.4) is 0 Å². The number of aliphatic hydroxyl groups excluding tert-OH is 1. The Morgan fingerprint density at radius 3 is 1.17 bits per heavy atom. The van der Waals surface area contributed by atoms with Gasteiger partial charge in [0, 0.05) is 109 Å². The third-order valence-electron chi connectivity index (χ3n) is 29.3. The second-order valence-electron chi connectivity index (χ2n) is 40.8. The first-order valence-corrected chi connectivity index (χ1v) is 57.7. The predicted octanol–water partition coefficient (Wildman–Crippen LogP) is 16.5. The topological polar surface area (TPSA) is 463 Å². The second kappa shape index (κ2) is 54.7. The maximum absolute atomic E-state index is 14.0. The number of ether oxygens (including phenoxy) is 9. The number of carboxylic acids is 1. The number of halogens is 3. The minimum absolute atomic E-state index is 0.0819. The molecular weight excluding hydrogens is 2090 g/mol. The number of likely N-dealkylation sites (N-methyl/N-ethyl adjacent to an activating group) is 3. The lowest BCUT2D eigenvalue weighted by Crippen LogP contribution is -2.60. The lowest BCUT2D eigenvalue weighted by atomic mass is 9.82. The summed E-state index contributed by atoms with van der Waals surface area (Å²) in [4.78, 5) is 156. The van der Waals surface area contributed by atoms with Crippen molar-refractivity contribution < 1.29 is 127 Å². The van der Waals surface area contributed by atoms with Gasteiger partial charge in [0.1, 0.15) is 82.6 Å². The molecule has 10 heterocycles. The Balaban J connectivity index is 0.000000252. The molecule has 0 aromatic heterocycles. The van der Waals surface area contributed by atoms with Crippen molar-refractivity contribution in [2.75, 3.05) is 93.5 Å². The van der Waals surface area contributed by atoms with E-state index in [1.165, 1.54) is 43.3 Å². The number of aliphatic hydroxyl groups is 4. The van der Waals surface area contributed by atoms with E-state index in [0.717, 1.165) is 50.1 Å². The van der Waals surface area contributed by atoms with Gasteiger partial charge < -0.3 is 93.1 Å². The van der Waals surface area contributed by atoms with Crippen LogP contribution in [0.1, 0.15) is 190 Å². The minimum Gasteiger partial charge on any atom is -0.481 e. The molecule has 0 aliphatic carbocycles. The summed E-state index contributed by atoms with van der Waals surface area (Å²) in [6.07, 6.45) is 16.0. The summed E-state index contributed by atoms with van der Waals surface area (Å²) in [5.41, 5.74) is 2.42. The molecule has 3 aromatic carbocycles.